The lowest BCUT2D eigenvalue weighted by molar-refractivity contribution is 0.239. The van der Waals surface area contributed by atoms with Gasteiger partial charge in [-0.3, -0.25) is 14.3 Å². The normalized spacial score (nSPS) is 16.2. The largest absolute Gasteiger partial charge is 0.329 e. The molecule has 142 valence electrons. The molecule has 26 heavy (non-hydrogen) atoms. The second-order valence-corrected chi connectivity index (χ2v) is 7.97. The van der Waals surface area contributed by atoms with Crippen LogP contribution in [-0.2, 0) is 17.1 Å². The quantitative estimate of drug-likeness (QED) is 0.503. The van der Waals surface area contributed by atoms with Crippen LogP contribution in [0.1, 0.15) is 6.42 Å². The number of nitrogens with one attached hydrogen (secondary N) is 3. The summed E-state index contributed by atoms with van der Waals surface area (Å²) in [5, 5.41) is 3.32. The fraction of sp³-hybridized carbons (Fsp3) is 0.533. The first-order chi connectivity index (χ1) is 12.4. The third-order valence-corrected chi connectivity index (χ3v) is 5.82. The van der Waals surface area contributed by atoms with Crippen LogP contribution in [0.5, 0.6) is 0 Å². The van der Waals surface area contributed by atoms with Crippen LogP contribution >= 0.6 is 0 Å². The molecule has 0 spiro atoms. The molecule has 2 aromatic heterocycles. The number of aryl methyl sites for hydroxylation is 1. The first-order valence-corrected chi connectivity index (χ1v) is 9.88. The van der Waals surface area contributed by atoms with E-state index in [2.05, 4.69) is 24.9 Å². The van der Waals surface area contributed by atoms with Gasteiger partial charge in [0, 0.05) is 46.0 Å². The van der Waals surface area contributed by atoms with E-state index in [1.54, 1.807) is 0 Å². The predicted octanol–water partition coefficient (Wildman–Crippen LogP) is -1.80. The second kappa shape index (κ2) is 7.66. The maximum absolute atomic E-state index is 12.4. The van der Waals surface area contributed by atoms with Gasteiger partial charge >= 0.3 is 5.69 Å². The van der Waals surface area contributed by atoms with E-state index in [0.29, 0.717) is 13.0 Å². The number of hydrogen-bond donors (Lipinski definition) is 3. The van der Waals surface area contributed by atoms with Crippen LogP contribution in [-0.4, -0.2) is 67.1 Å². The Morgan fingerprint density at radius 1 is 1.27 bits per heavy atom. The molecule has 3 N–H and O–H groups in total. The molecule has 1 aliphatic heterocycles. The van der Waals surface area contributed by atoms with Crippen molar-refractivity contribution in [2.75, 3.05) is 39.3 Å². The average molecular weight is 382 g/mol. The monoisotopic (exact) mass is 382 g/mol. The molecule has 0 radical (unpaired) electrons. The van der Waals surface area contributed by atoms with Crippen molar-refractivity contribution in [2.45, 2.75) is 11.3 Å². The Hall–Kier alpha value is -2.08. The van der Waals surface area contributed by atoms with Crippen LogP contribution in [0.2, 0.25) is 0 Å². The molecule has 0 amide bonds. The Balaban J connectivity index is 1.70. The van der Waals surface area contributed by atoms with Crippen LogP contribution in [0.3, 0.4) is 0 Å². The summed E-state index contributed by atoms with van der Waals surface area (Å²) in [5.74, 6) is 0. The minimum Gasteiger partial charge on any atom is -0.314 e. The fourth-order valence-corrected chi connectivity index (χ4v) is 3.94. The number of H-pyrrole nitrogens is 1. The Morgan fingerprint density at radius 2 is 2.00 bits per heavy atom. The van der Waals surface area contributed by atoms with Gasteiger partial charge in [-0.2, -0.15) is 0 Å². The lowest BCUT2D eigenvalue weighted by atomic mass is 10.3. The molecule has 1 aliphatic rings. The van der Waals surface area contributed by atoms with E-state index in [-0.39, 0.29) is 15.9 Å². The molecule has 0 saturated carbocycles. The third kappa shape index (κ3) is 4.01. The van der Waals surface area contributed by atoms with Gasteiger partial charge in [0.15, 0.2) is 0 Å². The van der Waals surface area contributed by atoms with Gasteiger partial charge in [0.1, 0.15) is 10.5 Å². The van der Waals surface area contributed by atoms with E-state index in [9.17, 15) is 18.0 Å². The fourth-order valence-electron chi connectivity index (χ4n) is 2.89. The van der Waals surface area contributed by atoms with Crippen molar-refractivity contribution in [3.8, 4) is 0 Å². The molecular weight excluding hydrogens is 360 g/mol. The Bertz CT molecular complexity index is 1010. The minimum absolute atomic E-state index is 0.0517. The number of fused-ring (bicyclic) bond motifs is 1. The molecule has 1 saturated heterocycles. The zero-order chi connectivity index (χ0) is 18.7. The second-order valence-electron chi connectivity index (χ2n) is 6.20. The van der Waals surface area contributed by atoms with Crippen molar-refractivity contribution in [3.63, 3.8) is 0 Å². The predicted molar refractivity (Wildman–Crippen MR) is 96.7 cm³/mol. The maximum Gasteiger partial charge on any atom is 0.329 e. The maximum atomic E-state index is 12.4. The van der Waals surface area contributed by atoms with E-state index < -0.39 is 21.3 Å². The Morgan fingerprint density at radius 3 is 2.73 bits per heavy atom. The van der Waals surface area contributed by atoms with Gasteiger partial charge < -0.3 is 10.2 Å². The van der Waals surface area contributed by atoms with Crippen molar-refractivity contribution in [1.29, 1.82) is 0 Å². The van der Waals surface area contributed by atoms with E-state index in [4.69, 9.17) is 0 Å². The number of nitrogens with zero attached hydrogens (tertiary/aromatic N) is 3. The molecule has 1 fully saturated rings. The SMILES string of the molecule is Cn1c(=O)[nH]c(=O)c2cc(S(=O)(=O)NCCCN3CCNCC3)cnc21. The third-order valence-electron chi connectivity index (χ3n) is 4.39. The standard InChI is InChI=1S/C15H22N6O4S/c1-20-13-12(14(22)19-15(20)23)9-11(10-17-13)26(24,25)18-3-2-6-21-7-4-16-5-8-21/h9-10,16,18H,2-8H2,1H3,(H,19,22,23). The van der Waals surface area contributed by atoms with Gasteiger partial charge in [-0.25, -0.2) is 22.9 Å². The summed E-state index contributed by atoms with van der Waals surface area (Å²) in [6.45, 7) is 4.94. The van der Waals surface area contributed by atoms with E-state index in [1.807, 2.05) is 0 Å². The lowest BCUT2D eigenvalue weighted by Crippen LogP contribution is -2.44. The summed E-state index contributed by atoms with van der Waals surface area (Å²) in [6.07, 6.45) is 1.84. The first-order valence-electron chi connectivity index (χ1n) is 8.40. The average Bonchev–Trinajstić information content (AvgIpc) is 2.64. The van der Waals surface area contributed by atoms with Crippen LogP contribution in [0.4, 0.5) is 0 Å². The topological polar surface area (TPSA) is 129 Å². The highest BCUT2D eigenvalue weighted by Crippen LogP contribution is 2.12. The summed E-state index contributed by atoms with van der Waals surface area (Å²) in [6, 6.07) is 1.24. The molecule has 0 unspecified atom stereocenters. The summed E-state index contributed by atoms with van der Waals surface area (Å²) in [5.41, 5.74) is -1.13. The van der Waals surface area contributed by atoms with Crippen molar-refractivity contribution >= 4 is 21.1 Å². The molecule has 10 nitrogen and oxygen atoms in total. The summed E-state index contributed by atoms with van der Waals surface area (Å²) >= 11 is 0. The number of pyridine rings is 1. The lowest BCUT2D eigenvalue weighted by Gasteiger charge is -2.27. The molecule has 11 heteroatoms. The smallest absolute Gasteiger partial charge is 0.314 e. The number of piperazine rings is 1. The number of rotatable bonds is 6. The van der Waals surface area contributed by atoms with Crippen molar-refractivity contribution in [2.24, 2.45) is 7.05 Å². The Kier molecular flexibility index (Phi) is 5.51. The number of sulfonamides is 1. The summed E-state index contributed by atoms with van der Waals surface area (Å²) < 4.78 is 28.6. The van der Waals surface area contributed by atoms with Crippen molar-refractivity contribution in [1.82, 2.24) is 29.5 Å². The number of aromatic amines is 1. The molecule has 0 aliphatic carbocycles. The van der Waals surface area contributed by atoms with E-state index >= 15 is 0 Å². The Labute approximate surface area is 150 Å². The minimum atomic E-state index is -3.78. The molecule has 3 rings (SSSR count). The molecule has 0 bridgehead atoms. The highest BCUT2D eigenvalue weighted by Gasteiger charge is 2.17. The zero-order valence-electron chi connectivity index (χ0n) is 14.5. The highest BCUT2D eigenvalue weighted by atomic mass is 32.2. The van der Waals surface area contributed by atoms with E-state index in [1.165, 1.54) is 13.1 Å². The van der Waals surface area contributed by atoms with Gasteiger partial charge in [-0.05, 0) is 19.0 Å². The van der Waals surface area contributed by atoms with Crippen LogP contribution in [0.15, 0.2) is 26.7 Å². The molecular formula is C15H22N6O4S. The van der Waals surface area contributed by atoms with Crippen LogP contribution in [0.25, 0.3) is 11.0 Å². The summed E-state index contributed by atoms with van der Waals surface area (Å²) in [7, 11) is -2.32. The molecule has 3 heterocycles. The number of aromatic nitrogens is 3. The van der Waals surface area contributed by atoms with Crippen molar-refractivity contribution in [3.05, 3.63) is 33.1 Å². The van der Waals surface area contributed by atoms with Gasteiger partial charge in [-0.1, -0.05) is 0 Å². The van der Waals surface area contributed by atoms with Crippen molar-refractivity contribution < 1.29 is 8.42 Å². The van der Waals surface area contributed by atoms with Crippen LogP contribution in [0, 0.1) is 0 Å². The van der Waals surface area contributed by atoms with Gasteiger partial charge in [0.25, 0.3) is 5.56 Å². The molecule has 0 atom stereocenters. The van der Waals surface area contributed by atoms with E-state index in [0.717, 1.165) is 43.5 Å². The summed E-state index contributed by atoms with van der Waals surface area (Å²) in [4.78, 5) is 31.8. The number of hydrogen-bond acceptors (Lipinski definition) is 7. The molecule has 2 aromatic rings. The zero-order valence-corrected chi connectivity index (χ0v) is 15.3. The van der Waals surface area contributed by atoms with Gasteiger partial charge in [0.2, 0.25) is 10.0 Å². The highest BCUT2D eigenvalue weighted by molar-refractivity contribution is 7.89. The van der Waals surface area contributed by atoms with Gasteiger partial charge in [0.05, 0.1) is 5.39 Å². The first kappa shape index (κ1) is 18.7. The molecule has 0 aromatic carbocycles. The van der Waals surface area contributed by atoms with Gasteiger partial charge in [-0.15, -0.1) is 0 Å². The van der Waals surface area contributed by atoms with Crippen LogP contribution < -0.4 is 21.3 Å².